The van der Waals surface area contributed by atoms with E-state index in [1.165, 1.54) is 0 Å². The number of benzene rings is 2. The molecule has 0 unspecified atom stereocenters. The van der Waals surface area contributed by atoms with Crippen LogP contribution in [0.1, 0.15) is 16.7 Å². The van der Waals surface area contributed by atoms with Crippen LogP contribution in [0.2, 0.25) is 0 Å². The van der Waals surface area contributed by atoms with Crippen LogP contribution in [-0.2, 0) is 0 Å². The summed E-state index contributed by atoms with van der Waals surface area (Å²) in [6.07, 6.45) is 0. The molecule has 1 heterocycles. The molecule has 0 radical (unpaired) electrons. The van der Waals surface area contributed by atoms with Crippen molar-refractivity contribution >= 4 is 5.82 Å². The third kappa shape index (κ3) is 2.69. The Morgan fingerprint density at radius 1 is 0.917 bits per heavy atom. The average molecular weight is 310 g/mol. The molecule has 0 aliphatic carbocycles. The van der Waals surface area contributed by atoms with E-state index in [-0.39, 0.29) is 5.82 Å². The molecule has 0 fully saturated rings. The number of pyridine rings is 1. The van der Waals surface area contributed by atoms with E-state index in [2.05, 4.69) is 17.1 Å². The normalized spacial score (nSPS) is 9.96. The Morgan fingerprint density at radius 3 is 2.25 bits per heavy atom. The minimum Gasteiger partial charge on any atom is -0.383 e. The number of anilines is 1. The van der Waals surface area contributed by atoms with Crippen molar-refractivity contribution in [3.8, 4) is 34.5 Å². The average Bonchev–Trinajstić information content (AvgIpc) is 2.61. The predicted molar refractivity (Wildman–Crippen MR) is 93.7 cm³/mol. The number of nitriles is 2. The molecular formula is C20H14N4. The van der Waals surface area contributed by atoms with Crippen LogP contribution in [0.5, 0.6) is 0 Å². The maximum atomic E-state index is 9.46. The van der Waals surface area contributed by atoms with Gasteiger partial charge in [-0.2, -0.15) is 10.5 Å². The number of aryl methyl sites for hydroxylation is 1. The lowest BCUT2D eigenvalue weighted by Crippen LogP contribution is -2.00. The largest absolute Gasteiger partial charge is 0.383 e. The number of nitrogens with two attached hydrogens (primary N) is 1. The predicted octanol–water partition coefficient (Wildman–Crippen LogP) is 4.05. The Morgan fingerprint density at radius 2 is 1.62 bits per heavy atom. The molecule has 114 valence electrons. The van der Waals surface area contributed by atoms with Crippen molar-refractivity contribution in [3.05, 3.63) is 71.3 Å². The summed E-state index contributed by atoms with van der Waals surface area (Å²) in [7, 11) is 0. The van der Waals surface area contributed by atoms with Crippen LogP contribution in [-0.4, -0.2) is 4.98 Å². The van der Waals surface area contributed by atoms with Gasteiger partial charge in [-0.1, -0.05) is 36.4 Å². The molecule has 0 atom stereocenters. The van der Waals surface area contributed by atoms with E-state index in [1.54, 1.807) is 12.1 Å². The van der Waals surface area contributed by atoms with Gasteiger partial charge in [0.1, 0.15) is 17.5 Å². The van der Waals surface area contributed by atoms with Gasteiger partial charge in [-0.05, 0) is 36.2 Å². The topological polar surface area (TPSA) is 86.5 Å². The molecule has 0 spiro atoms. The zero-order chi connectivity index (χ0) is 17.1. The zero-order valence-electron chi connectivity index (χ0n) is 13.1. The van der Waals surface area contributed by atoms with E-state index in [4.69, 9.17) is 11.0 Å². The molecular weight excluding hydrogens is 296 g/mol. The van der Waals surface area contributed by atoms with Crippen molar-refractivity contribution < 1.29 is 0 Å². The highest BCUT2D eigenvalue weighted by atomic mass is 14.8. The first-order valence-corrected chi connectivity index (χ1v) is 7.41. The Hall–Kier alpha value is -3.63. The number of aromatic nitrogens is 1. The molecule has 0 saturated carbocycles. The van der Waals surface area contributed by atoms with E-state index in [0.717, 1.165) is 22.4 Å². The van der Waals surface area contributed by atoms with Crippen molar-refractivity contribution in [2.24, 2.45) is 0 Å². The third-order valence-electron chi connectivity index (χ3n) is 3.91. The van der Waals surface area contributed by atoms with Gasteiger partial charge in [0.2, 0.25) is 0 Å². The monoisotopic (exact) mass is 310 g/mol. The first kappa shape index (κ1) is 15.3. The van der Waals surface area contributed by atoms with E-state index < -0.39 is 0 Å². The van der Waals surface area contributed by atoms with Crippen LogP contribution in [0.15, 0.2) is 54.6 Å². The molecule has 4 nitrogen and oxygen atoms in total. The van der Waals surface area contributed by atoms with E-state index in [0.29, 0.717) is 16.7 Å². The summed E-state index contributed by atoms with van der Waals surface area (Å²) in [5.41, 5.74) is 11.3. The Balaban J connectivity index is 2.23. The van der Waals surface area contributed by atoms with Crippen LogP contribution in [0.3, 0.4) is 0 Å². The molecule has 0 amide bonds. The molecule has 0 aliphatic heterocycles. The SMILES string of the molecule is Cc1ccccc1-c1cc(-c2ccc(C#N)cc2)c(C#N)c(N)n1. The lowest BCUT2D eigenvalue weighted by Gasteiger charge is -2.11. The van der Waals surface area contributed by atoms with Crippen molar-refractivity contribution in [1.82, 2.24) is 4.98 Å². The number of rotatable bonds is 2. The first-order valence-electron chi connectivity index (χ1n) is 7.41. The fourth-order valence-electron chi connectivity index (χ4n) is 2.63. The summed E-state index contributed by atoms with van der Waals surface area (Å²) in [5.74, 6) is 0.206. The number of nitrogen functional groups attached to an aromatic ring is 1. The molecule has 4 heteroatoms. The van der Waals surface area contributed by atoms with Gasteiger partial charge in [-0.3, -0.25) is 0 Å². The minimum atomic E-state index is 0.206. The summed E-state index contributed by atoms with van der Waals surface area (Å²) < 4.78 is 0. The Kier molecular flexibility index (Phi) is 3.97. The Bertz CT molecular complexity index is 990. The molecule has 3 rings (SSSR count). The Labute approximate surface area is 140 Å². The highest BCUT2D eigenvalue weighted by Gasteiger charge is 2.14. The highest BCUT2D eigenvalue weighted by molar-refractivity contribution is 5.80. The lowest BCUT2D eigenvalue weighted by atomic mass is 9.96. The van der Waals surface area contributed by atoms with Gasteiger partial charge in [0.25, 0.3) is 0 Å². The lowest BCUT2D eigenvalue weighted by molar-refractivity contribution is 1.29. The second-order valence-electron chi connectivity index (χ2n) is 5.43. The first-order chi connectivity index (χ1) is 11.6. The maximum absolute atomic E-state index is 9.46. The van der Waals surface area contributed by atoms with Gasteiger partial charge >= 0.3 is 0 Å². The molecule has 0 bridgehead atoms. The molecule has 0 saturated heterocycles. The van der Waals surface area contributed by atoms with Crippen LogP contribution >= 0.6 is 0 Å². The fourth-order valence-corrected chi connectivity index (χ4v) is 2.63. The quantitative estimate of drug-likeness (QED) is 0.773. The van der Waals surface area contributed by atoms with Gasteiger partial charge in [-0.15, -0.1) is 0 Å². The minimum absolute atomic E-state index is 0.206. The summed E-state index contributed by atoms with van der Waals surface area (Å²) in [4.78, 5) is 4.40. The standard InChI is InChI=1S/C20H14N4/c1-13-4-2-3-5-16(13)19-10-17(18(12-22)20(23)24-19)15-8-6-14(11-21)7-9-15/h2-10H,1H3,(H2,23,24). The van der Waals surface area contributed by atoms with Gasteiger partial charge in [0.05, 0.1) is 17.3 Å². The van der Waals surface area contributed by atoms with E-state index >= 15 is 0 Å². The smallest absolute Gasteiger partial charge is 0.142 e. The molecule has 2 aromatic carbocycles. The summed E-state index contributed by atoms with van der Waals surface area (Å²) in [5, 5.41) is 18.4. The van der Waals surface area contributed by atoms with E-state index in [9.17, 15) is 5.26 Å². The van der Waals surface area contributed by atoms with Gasteiger partial charge in [0.15, 0.2) is 0 Å². The van der Waals surface area contributed by atoms with Gasteiger partial charge in [0, 0.05) is 11.1 Å². The molecule has 0 aliphatic rings. The van der Waals surface area contributed by atoms with Crippen LogP contribution in [0.25, 0.3) is 22.4 Å². The third-order valence-corrected chi connectivity index (χ3v) is 3.91. The second kappa shape index (κ2) is 6.24. The summed E-state index contributed by atoms with van der Waals surface area (Å²) in [6.45, 7) is 2.01. The zero-order valence-corrected chi connectivity index (χ0v) is 13.1. The maximum Gasteiger partial charge on any atom is 0.142 e. The van der Waals surface area contributed by atoms with Crippen molar-refractivity contribution in [2.45, 2.75) is 6.92 Å². The second-order valence-corrected chi connectivity index (χ2v) is 5.43. The molecule has 24 heavy (non-hydrogen) atoms. The van der Waals surface area contributed by atoms with Crippen LogP contribution in [0, 0.1) is 29.6 Å². The summed E-state index contributed by atoms with van der Waals surface area (Å²) in [6, 6.07) is 21.1. The molecule has 1 aromatic heterocycles. The van der Waals surface area contributed by atoms with Gasteiger partial charge in [-0.25, -0.2) is 4.98 Å². The number of hydrogen-bond donors (Lipinski definition) is 1. The molecule has 2 N–H and O–H groups in total. The van der Waals surface area contributed by atoms with E-state index in [1.807, 2.05) is 49.4 Å². The molecule has 3 aromatic rings. The fraction of sp³-hybridized carbons (Fsp3) is 0.0500. The van der Waals surface area contributed by atoms with Crippen LogP contribution in [0.4, 0.5) is 5.82 Å². The highest BCUT2D eigenvalue weighted by Crippen LogP contribution is 2.32. The van der Waals surface area contributed by atoms with Crippen molar-refractivity contribution in [1.29, 1.82) is 10.5 Å². The summed E-state index contributed by atoms with van der Waals surface area (Å²) >= 11 is 0. The number of hydrogen-bond acceptors (Lipinski definition) is 4. The van der Waals surface area contributed by atoms with Crippen molar-refractivity contribution in [3.63, 3.8) is 0 Å². The van der Waals surface area contributed by atoms with Crippen molar-refractivity contribution in [2.75, 3.05) is 5.73 Å². The van der Waals surface area contributed by atoms with Crippen LogP contribution < -0.4 is 5.73 Å². The number of nitrogens with zero attached hydrogens (tertiary/aromatic N) is 3. The van der Waals surface area contributed by atoms with Gasteiger partial charge < -0.3 is 5.73 Å².